The smallest absolute Gasteiger partial charge is 0.245 e. The van der Waals surface area contributed by atoms with Gasteiger partial charge in [-0.15, -0.1) is 11.3 Å². The highest BCUT2D eigenvalue weighted by Crippen LogP contribution is 2.27. The van der Waals surface area contributed by atoms with Crippen LogP contribution in [0.3, 0.4) is 0 Å². The monoisotopic (exact) mass is 478 g/mol. The number of carbonyl (C=O) groups is 2. The van der Waals surface area contributed by atoms with E-state index in [2.05, 4.69) is 15.2 Å². The number of aryl methyl sites for hydroxylation is 1. The normalized spacial score (nSPS) is 14.2. The minimum atomic E-state index is -0.484. The van der Waals surface area contributed by atoms with E-state index < -0.39 is 5.92 Å². The number of rotatable bonds is 9. The van der Waals surface area contributed by atoms with Gasteiger partial charge < -0.3 is 15.0 Å². The molecule has 0 saturated carbocycles. The van der Waals surface area contributed by atoms with Crippen LogP contribution in [0.25, 0.3) is 0 Å². The first-order valence-corrected chi connectivity index (χ1v) is 12.4. The summed E-state index contributed by atoms with van der Waals surface area (Å²) in [5.74, 6) is -0.817. The van der Waals surface area contributed by atoms with Crippen molar-refractivity contribution >= 4 is 28.3 Å². The molecule has 178 valence electrons. The number of aromatic nitrogens is 1. The summed E-state index contributed by atoms with van der Waals surface area (Å²) in [5, 5.41) is 5.28. The zero-order valence-electron chi connectivity index (χ0n) is 19.4. The number of ether oxygens (including phenoxy) is 1. The van der Waals surface area contributed by atoms with E-state index in [0.29, 0.717) is 31.4 Å². The number of nitrogens with zero attached hydrogens (tertiary/aromatic N) is 3. The fourth-order valence-corrected chi connectivity index (χ4v) is 4.75. The van der Waals surface area contributed by atoms with Gasteiger partial charge in [0.1, 0.15) is 0 Å². The van der Waals surface area contributed by atoms with Gasteiger partial charge in [-0.3, -0.25) is 14.5 Å². The van der Waals surface area contributed by atoms with Crippen molar-refractivity contribution < 1.29 is 14.3 Å². The molecule has 34 heavy (non-hydrogen) atoms. The molecule has 2 heterocycles. The molecule has 1 fully saturated rings. The quantitative estimate of drug-likeness (QED) is 0.510. The predicted molar refractivity (Wildman–Crippen MR) is 134 cm³/mol. The molecule has 4 rings (SSSR count). The van der Waals surface area contributed by atoms with E-state index in [0.717, 1.165) is 29.9 Å². The van der Waals surface area contributed by atoms with Gasteiger partial charge in [-0.05, 0) is 18.1 Å². The second kappa shape index (κ2) is 11.9. The summed E-state index contributed by atoms with van der Waals surface area (Å²) in [4.78, 5) is 35.2. The highest BCUT2D eigenvalue weighted by molar-refractivity contribution is 7.13. The lowest BCUT2D eigenvalue weighted by Gasteiger charge is -2.32. The lowest BCUT2D eigenvalue weighted by molar-refractivity contribution is -0.135. The molecule has 1 aliphatic rings. The molecule has 8 heteroatoms. The Hall–Kier alpha value is -3.07. The van der Waals surface area contributed by atoms with Crippen LogP contribution in [0.1, 0.15) is 22.7 Å². The Morgan fingerprint density at radius 2 is 1.68 bits per heavy atom. The Labute approximate surface area is 204 Å². The van der Waals surface area contributed by atoms with Gasteiger partial charge in [-0.1, -0.05) is 60.7 Å². The van der Waals surface area contributed by atoms with Crippen molar-refractivity contribution in [1.82, 2.24) is 14.8 Å². The standard InChI is InChI=1S/C26H30N4O3S/c1-20-19-34-26(27-20)28-23(31)18-30(13-12-29-14-16-33-17-15-29)25(32)24(21-8-4-2-5-9-21)22-10-6-3-7-11-22/h2-11,19,24H,12-18H2,1H3,(H,27,28,31). The third-order valence-corrected chi connectivity index (χ3v) is 6.69. The molecule has 7 nitrogen and oxygen atoms in total. The molecule has 0 radical (unpaired) electrons. The molecular formula is C26H30N4O3S. The maximum absolute atomic E-state index is 14.0. The van der Waals surface area contributed by atoms with Crippen molar-refractivity contribution in [2.24, 2.45) is 0 Å². The molecule has 1 N–H and O–H groups in total. The molecule has 1 aromatic heterocycles. The van der Waals surface area contributed by atoms with Gasteiger partial charge in [-0.2, -0.15) is 0 Å². The number of morpholine rings is 1. The average molecular weight is 479 g/mol. The summed E-state index contributed by atoms with van der Waals surface area (Å²) < 4.78 is 5.45. The van der Waals surface area contributed by atoms with Crippen LogP contribution in [0.4, 0.5) is 5.13 Å². The number of hydrogen-bond acceptors (Lipinski definition) is 6. The van der Waals surface area contributed by atoms with Crippen molar-refractivity contribution in [3.8, 4) is 0 Å². The van der Waals surface area contributed by atoms with Crippen molar-refractivity contribution in [2.45, 2.75) is 12.8 Å². The van der Waals surface area contributed by atoms with Gasteiger partial charge in [-0.25, -0.2) is 4.98 Å². The molecule has 0 spiro atoms. The topological polar surface area (TPSA) is 74.8 Å². The molecular weight excluding hydrogens is 448 g/mol. The van der Waals surface area contributed by atoms with E-state index in [9.17, 15) is 9.59 Å². The fourth-order valence-electron chi connectivity index (χ4n) is 4.05. The summed E-state index contributed by atoms with van der Waals surface area (Å²) in [7, 11) is 0. The van der Waals surface area contributed by atoms with Crippen LogP contribution in [0.15, 0.2) is 66.0 Å². The van der Waals surface area contributed by atoms with Crippen LogP contribution in [0, 0.1) is 6.92 Å². The summed E-state index contributed by atoms with van der Waals surface area (Å²) in [5.41, 5.74) is 2.67. The van der Waals surface area contributed by atoms with Crippen LogP contribution >= 0.6 is 11.3 Å². The first-order chi connectivity index (χ1) is 16.6. The summed E-state index contributed by atoms with van der Waals surface area (Å²) >= 11 is 1.38. The molecule has 0 unspecified atom stereocenters. The van der Waals surface area contributed by atoms with Crippen LogP contribution in [0.5, 0.6) is 0 Å². The zero-order chi connectivity index (χ0) is 23.8. The van der Waals surface area contributed by atoms with E-state index >= 15 is 0 Å². The minimum absolute atomic E-state index is 0.0298. The van der Waals surface area contributed by atoms with E-state index in [1.807, 2.05) is 73.0 Å². The van der Waals surface area contributed by atoms with E-state index in [1.54, 1.807) is 4.90 Å². The average Bonchev–Trinajstić information content (AvgIpc) is 3.28. The summed E-state index contributed by atoms with van der Waals surface area (Å²) in [6.45, 7) is 6.03. The van der Waals surface area contributed by atoms with Crippen molar-refractivity contribution in [3.63, 3.8) is 0 Å². The molecule has 2 aromatic carbocycles. The Kier molecular flexibility index (Phi) is 8.41. The minimum Gasteiger partial charge on any atom is -0.379 e. The van der Waals surface area contributed by atoms with Crippen LogP contribution in [-0.4, -0.2) is 72.5 Å². The summed E-state index contributed by atoms with van der Waals surface area (Å²) in [6.07, 6.45) is 0. The number of benzene rings is 2. The molecule has 2 amide bonds. The Bertz CT molecular complexity index is 1030. The van der Waals surface area contributed by atoms with E-state index in [4.69, 9.17) is 4.74 Å². The van der Waals surface area contributed by atoms with E-state index in [1.165, 1.54) is 11.3 Å². The lowest BCUT2D eigenvalue weighted by atomic mass is 9.90. The maximum Gasteiger partial charge on any atom is 0.245 e. The number of nitrogens with one attached hydrogen (secondary N) is 1. The number of thiazole rings is 1. The van der Waals surface area contributed by atoms with Gasteiger partial charge in [0.15, 0.2) is 5.13 Å². The Morgan fingerprint density at radius 1 is 1.06 bits per heavy atom. The first kappa shape index (κ1) is 24.1. The largest absolute Gasteiger partial charge is 0.379 e. The summed E-state index contributed by atoms with van der Waals surface area (Å²) in [6, 6.07) is 19.5. The van der Waals surface area contributed by atoms with Gasteiger partial charge >= 0.3 is 0 Å². The number of hydrogen-bond donors (Lipinski definition) is 1. The number of anilines is 1. The Morgan fingerprint density at radius 3 is 2.24 bits per heavy atom. The van der Waals surface area contributed by atoms with E-state index in [-0.39, 0.29) is 18.4 Å². The molecule has 0 atom stereocenters. The number of carbonyl (C=O) groups excluding carboxylic acids is 2. The Balaban J connectivity index is 1.56. The molecule has 0 bridgehead atoms. The third-order valence-electron chi connectivity index (χ3n) is 5.81. The number of amides is 2. The second-order valence-electron chi connectivity index (χ2n) is 8.31. The zero-order valence-corrected chi connectivity index (χ0v) is 20.2. The predicted octanol–water partition coefficient (Wildman–Crippen LogP) is 3.38. The molecule has 1 aliphatic heterocycles. The molecule has 1 saturated heterocycles. The maximum atomic E-state index is 14.0. The van der Waals surface area contributed by atoms with Crippen LogP contribution in [0.2, 0.25) is 0 Å². The SMILES string of the molecule is Cc1csc(NC(=O)CN(CCN2CCOCC2)C(=O)C(c2ccccc2)c2ccccc2)n1. The fraction of sp³-hybridized carbons (Fsp3) is 0.346. The lowest BCUT2D eigenvalue weighted by Crippen LogP contribution is -2.46. The third kappa shape index (κ3) is 6.50. The highest BCUT2D eigenvalue weighted by Gasteiger charge is 2.29. The van der Waals surface area contributed by atoms with Crippen LogP contribution < -0.4 is 5.32 Å². The van der Waals surface area contributed by atoms with Gasteiger partial charge in [0, 0.05) is 31.6 Å². The second-order valence-corrected chi connectivity index (χ2v) is 9.17. The van der Waals surface area contributed by atoms with Crippen molar-refractivity contribution in [2.75, 3.05) is 51.3 Å². The van der Waals surface area contributed by atoms with Crippen molar-refractivity contribution in [1.29, 1.82) is 0 Å². The van der Waals surface area contributed by atoms with Crippen LogP contribution in [-0.2, 0) is 14.3 Å². The van der Waals surface area contributed by atoms with Gasteiger partial charge in [0.2, 0.25) is 11.8 Å². The molecule has 3 aromatic rings. The van der Waals surface area contributed by atoms with Crippen molar-refractivity contribution in [3.05, 3.63) is 82.9 Å². The van der Waals surface area contributed by atoms with Gasteiger partial charge in [0.05, 0.1) is 31.4 Å². The van der Waals surface area contributed by atoms with Gasteiger partial charge in [0.25, 0.3) is 0 Å². The molecule has 0 aliphatic carbocycles. The highest BCUT2D eigenvalue weighted by atomic mass is 32.1. The first-order valence-electron chi connectivity index (χ1n) is 11.5.